The van der Waals surface area contributed by atoms with Gasteiger partial charge in [-0.15, -0.1) is 0 Å². The van der Waals surface area contributed by atoms with E-state index in [9.17, 15) is 9.59 Å². The Morgan fingerprint density at radius 2 is 1.84 bits per heavy atom. The van der Waals surface area contributed by atoms with Gasteiger partial charge in [-0.1, -0.05) is 27.7 Å². The zero-order chi connectivity index (χ0) is 14.6. The van der Waals surface area contributed by atoms with Gasteiger partial charge in [-0.25, -0.2) is 9.59 Å². The predicted octanol–water partition coefficient (Wildman–Crippen LogP) is 2.32. The smallest absolute Gasteiger partial charge is 0.326 e. The molecule has 0 aliphatic carbocycles. The van der Waals surface area contributed by atoms with Crippen LogP contribution in [-0.4, -0.2) is 41.1 Å². The van der Waals surface area contributed by atoms with Crippen LogP contribution < -0.4 is 5.32 Å². The fourth-order valence-corrected chi connectivity index (χ4v) is 2.36. The van der Waals surface area contributed by atoms with Gasteiger partial charge >= 0.3 is 12.0 Å². The van der Waals surface area contributed by atoms with Crippen molar-refractivity contribution in [3.05, 3.63) is 0 Å². The van der Waals surface area contributed by atoms with Crippen LogP contribution in [0.3, 0.4) is 0 Å². The van der Waals surface area contributed by atoms with Gasteiger partial charge < -0.3 is 15.3 Å². The summed E-state index contributed by atoms with van der Waals surface area (Å²) in [6.07, 6.45) is 3.03. The Kier molecular flexibility index (Phi) is 5.20. The van der Waals surface area contributed by atoms with Crippen molar-refractivity contribution in [3.63, 3.8) is 0 Å². The molecule has 2 amide bonds. The van der Waals surface area contributed by atoms with Crippen molar-refractivity contribution in [2.24, 2.45) is 11.3 Å². The van der Waals surface area contributed by atoms with E-state index in [1.54, 1.807) is 18.7 Å². The molecule has 110 valence electrons. The Hall–Kier alpha value is -1.26. The van der Waals surface area contributed by atoms with Crippen LogP contribution in [-0.2, 0) is 4.79 Å². The lowest BCUT2D eigenvalue weighted by Gasteiger charge is -2.26. The first-order valence-corrected chi connectivity index (χ1v) is 7.01. The zero-order valence-corrected chi connectivity index (χ0v) is 12.4. The van der Waals surface area contributed by atoms with E-state index in [2.05, 4.69) is 19.2 Å². The molecule has 1 fully saturated rings. The molecule has 2 N–H and O–H groups in total. The summed E-state index contributed by atoms with van der Waals surface area (Å²) in [5, 5.41) is 11.7. The van der Waals surface area contributed by atoms with E-state index in [4.69, 9.17) is 5.11 Å². The van der Waals surface area contributed by atoms with Gasteiger partial charge in [0.1, 0.15) is 6.04 Å². The van der Waals surface area contributed by atoms with Gasteiger partial charge in [0, 0.05) is 13.1 Å². The van der Waals surface area contributed by atoms with E-state index in [0.717, 1.165) is 19.3 Å². The highest BCUT2D eigenvalue weighted by Crippen LogP contribution is 2.29. The Morgan fingerprint density at radius 1 is 1.21 bits per heavy atom. The monoisotopic (exact) mass is 270 g/mol. The molecule has 0 aromatic carbocycles. The number of carbonyl (C=O) groups is 2. The number of rotatable bonds is 3. The van der Waals surface area contributed by atoms with Crippen molar-refractivity contribution in [2.75, 3.05) is 13.1 Å². The molecule has 1 aliphatic rings. The summed E-state index contributed by atoms with van der Waals surface area (Å²) in [6.45, 7) is 9.42. The van der Waals surface area contributed by atoms with Gasteiger partial charge in [0.05, 0.1) is 0 Å². The molecule has 0 aromatic rings. The molecule has 0 radical (unpaired) electrons. The highest BCUT2D eigenvalue weighted by molar-refractivity contribution is 5.82. The largest absolute Gasteiger partial charge is 0.480 e. The number of aliphatic carboxylic acids is 1. The first-order chi connectivity index (χ1) is 8.73. The molecule has 1 aliphatic heterocycles. The third-order valence-corrected chi connectivity index (χ3v) is 3.84. The maximum Gasteiger partial charge on any atom is 0.326 e. The number of hydrogen-bond acceptors (Lipinski definition) is 2. The van der Waals surface area contributed by atoms with Crippen LogP contribution in [0.25, 0.3) is 0 Å². The van der Waals surface area contributed by atoms with Gasteiger partial charge in [-0.05, 0) is 30.6 Å². The Bertz CT molecular complexity index is 340. The van der Waals surface area contributed by atoms with Crippen molar-refractivity contribution in [3.8, 4) is 0 Å². The van der Waals surface area contributed by atoms with Crippen LogP contribution in [0.1, 0.15) is 47.0 Å². The Labute approximate surface area is 115 Å². The van der Waals surface area contributed by atoms with Crippen molar-refractivity contribution in [1.82, 2.24) is 10.2 Å². The molecular formula is C14H26N2O3. The van der Waals surface area contributed by atoms with Crippen molar-refractivity contribution in [2.45, 2.75) is 53.0 Å². The molecule has 5 heteroatoms. The lowest BCUT2D eigenvalue weighted by atomic mass is 9.85. The summed E-state index contributed by atoms with van der Waals surface area (Å²) in [4.78, 5) is 25.0. The maximum absolute atomic E-state index is 12.1. The molecule has 1 atom stereocenters. The lowest BCUT2D eigenvalue weighted by Crippen LogP contribution is -2.50. The molecule has 1 saturated heterocycles. The van der Waals surface area contributed by atoms with Crippen LogP contribution in [0, 0.1) is 11.3 Å². The van der Waals surface area contributed by atoms with Crippen LogP contribution in [0.2, 0.25) is 0 Å². The molecular weight excluding hydrogens is 244 g/mol. The minimum absolute atomic E-state index is 0.120. The molecule has 19 heavy (non-hydrogen) atoms. The third kappa shape index (κ3) is 4.73. The molecule has 1 rings (SSSR count). The fourth-order valence-electron chi connectivity index (χ4n) is 2.36. The van der Waals surface area contributed by atoms with Gasteiger partial charge in [0.2, 0.25) is 0 Å². The van der Waals surface area contributed by atoms with E-state index in [-0.39, 0.29) is 17.4 Å². The van der Waals surface area contributed by atoms with Gasteiger partial charge in [-0.2, -0.15) is 0 Å². The van der Waals surface area contributed by atoms with Gasteiger partial charge in [-0.3, -0.25) is 0 Å². The molecule has 0 spiro atoms. The lowest BCUT2D eigenvalue weighted by molar-refractivity contribution is -0.140. The van der Waals surface area contributed by atoms with Crippen LogP contribution in [0.15, 0.2) is 0 Å². The van der Waals surface area contributed by atoms with Crippen molar-refractivity contribution in [1.29, 1.82) is 0 Å². The number of urea groups is 1. The summed E-state index contributed by atoms with van der Waals surface area (Å²) in [6, 6.07) is -1.07. The number of nitrogens with one attached hydrogen (secondary N) is 1. The minimum Gasteiger partial charge on any atom is -0.480 e. The van der Waals surface area contributed by atoms with Gasteiger partial charge in [0.15, 0.2) is 0 Å². The highest BCUT2D eigenvalue weighted by Gasteiger charge is 2.29. The second-order valence-corrected chi connectivity index (χ2v) is 6.51. The molecule has 0 bridgehead atoms. The van der Waals surface area contributed by atoms with E-state index < -0.39 is 12.0 Å². The van der Waals surface area contributed by atoms with Crippen LogP contribution in [0.4, 0.5) is 4.79 Å². The zero-order valence-electron chi connectivity index (χ0n) is 12.4. The topological polar surface area (TPSA) is 69.6 Å². The number of carboxylic acid groups (broad SMARTS) is 1. The fraction of sp³-hybridized carbons (Fsp3) is 0.857. The number of hydrogen-bond donors (Lipinski definition) is 2. The summed E-state index contributed by atoms with van der Waals surface area (Å²) >= 11 is 0. The van der Waals surface area contributed by atoms with Crippen LogP contribution in [0.5, 0.6) is 0 Å². The SMILES string of the molecule is CC(C)[C@@H](NC(=O)N1CCCC(C)(C)CC1)C(=O)O. The van der Waals surface area contributed by atoms with E-state index >= 15 is 0 Å². The van der Waals surface area contributed by atoms with Crippen LogP contribution >= 0.6 is 0 Å². The number of likely N-dealkylation sites (tertiary alicyclic amines) is 1. The van der Waals surface area contributed by atoms with E-state index in [1.165, 1.54) is 0 Å². The van der Waals surface area contributed by atoms with Gasteiger partial charge in [0.25, 0.3) is 0 Å². The molecule has 0 unspecified atom stereocenters. The molecule has 5 nitrogen and oxygen atoms in total. The number of carbonyl (C=O) groups excluding carboxylic acids is 1. The molecule has 0 aromatic heterocycles. The van der Waals surface area contributed by atoms with Crippen molar-refractivity contribution < 1.29 is 14.7 Å². The average Bonchev–Trinajstić information content (AvgIpc) is 2.46. The van der Waals surface area contributed by atoms with E-state index in [1.807, 2.05) is 0 Å². The third-order valence-electron chi connectivity index (χ3n) is 3.84. The number of nitrogens with zero attached hydrogens (tertiary/aromatic N) is 1. The average molecular weight is 270 g/mol. The molecule has 0 saturated carbocycles. The Morgan fingerprint density at radius 3 is 2.37 bits per heavy atom. The molecule has 1 heterocycles. The Balaban J connectivity index is 2.60. The maximum atomic E-state index is 12.1. The minimum atomic E-state index is -0.974. The quantitative estimate of drug-likeness (QED) is 0.827. The normalized spacial score (nSPS) is 20.8. The summed E-state index contributed by atoms with van der Waals surface area (Å²) < 4.78 is 0. The standard InChI is InChI=1S/C14H26N2O3/c1-10(2)11(12(17)18)15-13(19)16-8-5-6-14(3,4)7-9-16/h10-11H,5-9H2,1-4H3,(H,15,19)(H,17,18)/t11-/m1/s1. The number of carboxylic acids is 1. The number of amides is 2. The van der Waals surface area contributed by atoms with E-state index in [0.29, 0.717) is 13.1 Å². The first-order valence-electron chi connectivity index (χ1n) is 7.01. The predicted molar refractivity (Wildman–Crippen MR) is 74.0 cm³/mol. The summed E-state index contributed by atoms with van der Waals surface area (Å²) in [7, 11) is 0. The second kappa shape index (κ2) is 6.26. The summed E-state index contributed by atoms with van der Waals surface area (Å²) in [5.74, 6) is -1.09. The first kappa shape index (κ1) is 15.8. The highest BCUT2D eigenvalue weighted by atomic mass is 16.4. The second-order valence-electron chi connectivity index (χ2n) is 6.51. The van der Waals surface area contributed by atoms with Crippen molar-refractivity contribution >= 4 is 12.0 Å². The summed E-state index contributed by atoms with van der Waals surface area (Å²) in [5.41, 5.74) is 0.263.